The van der Waals surface area contributed by atoms with E-state index in [0.29, 0.717) is 12.6 Å². The van der Waals surface area contributed by atoms with E-state index in [1.54, 1.807) is 0 Å². The Bertz CT molecular complexity index is 401. The van der Waals surface area contributed by atoms with E-state index in [9.17, 15) is 4.79 Å². The van der Waals surface area contributed by atoms with Gasteiger partial charge in [0.15, 0.2) is 0 Å². The van der Waals surface area contributed by atoms with Gasteiger partial charge in [-0.25, -0.2) is 0 Å². The van der Waals surface area contributed by atoms with Gasteiger partial charge in [0.05, 0.1) is 6.42 Å². The molecule has 1 unspecified atom stereocenters. The van der Waals surface area contributed by atoms with Crippen molar-refractivity contribution in [2.75, 3.05) is 32.6 Å². The first-order chi connectivity index (χ1) is 8.90. The molecule has 0 saturated carbocycles. The third-order valence-electron chi connectivity index (χ3n) is 3.41. The molecule has 0 fully saturated rings. The zero-order valence-electron chi connectivity index (χ0n) is 12.3. The molecular formula is C15H24N2O2. The van der Waals surface area contributed by atoms with Crippen molar-refractivity contribution in [2.45, 2.75) is 25.8 Å². The van der Waals surface area contributed by atoms with E-state index >= 15 is 0 Å². The van der Waals surface area contributed by atoms with Crippen LogP contribution in [0.5, 0.6) is 0 Å². The van der Waals surface area contributed by atoms with Gasteiger partial charge in [0.2, 0.25) is 0 Å². The fraction of sp³-hybridized carbons (Fsp3) is 0.533. The molecule has 0 aromatic heterocycles. The molecule has 106 valence electrons. The predicted molar refractivity (Wildman–Crippen MR) is 78.8 cm³/mol. The molecule has 0 spiro atoms. The van der Waals surface area contributed by atoms with Crippen molar-refractivity contribution >= 4 is 11.7 Å². The molecule has 1 aromatic carbocycles. The van der Waals surface area contributed by atoms with Crippen molar-refractivity contribution in [3.8, 4) is 0 Å². The van der Waals surface area contributed by atoms with Gasteiger partial charge < -0.3 is 14.9 Å². The summed E-state index contributed by atoms with van der Waals surface area (Å²) in [4.78, 5) is 14.7. The van der Waals surface area contributed by atoms with E-state index in [2.05, 4.69) is 41.0 Å². The zero-order valence-corrected chi connectivity index (χ0v) is 12.3. The number of benzene rings is 1. The Morgan fingerprint density at radius 3 is 2.26 bits per heavy atom. The van der Waals surface area contributed by atoms with Gasteiger partial charge >= 0.3 is 5.97 Å². The van der Waals surface area contributed by atoms with Crippen LogP contribution < -0.4 is 4.90 Å². The van der Waals surface area contributed by atoms with E-state index in [4.69, 9.17) is 5.11 Å². The van der Waals surface area contributed by atoms with Crippen LogP contribution in [0.1, 0.15) is 18.9 Å². The van der Waals surface area contributed by atoms with Gasteiger partial charge in [-0.15, -0.1) is 0 Å². The first-order valence-electron chi connectivity index (χ1n) is 6.58. The minimum atomic E-state index is -0.741. The summed E-state index contributed by atoms with van der Waals surface area (Å²) in [6.07, 6.45) is 1.13. The molecule has 0 saturated heterocycles. The molecule has 0 bridgehead atoms. The number of nitrogens with zero attached hydrogens (tertiary/aromatic N) is 2. The van der Waals surface area contributed by atoms with E-state index < -0.39 is 5.97 Å². The molecule has 1 atom stereocenters. The van der Waals surface area contributed by atoms with Gasteiger partial charge in [-0.2, -0.15) is 0 Å². The van der Waals surface area contributed by atoms with Crippen molar-refractivity contribution < 1.29 is 9.90 Å². The molecule has 0 aliphatic heterocycles. The van der Waals surface area contributed by atoms with Crippen LogP contribution in [-0.4, -0.2) is 49.7 Å². The number of carboxylic acids is 1. The average Bonchev–Trinajstić information content (AvgIpc) is 2.36. The minimum Gasteiger partial charge on any atom is -0.481 e. The molecule has 0 heterocycles. The number of likely N-dealkylation sites (N-methyl/N-ethyl adjacent to an activating group) is 1. The molecule has 0 aliphatic carbocycles. The number of anilines is 1. The second kappa shape index (κ2) is 7.14. The normalized spacial score (nSPS) is 12.5. The highest BCUT2D eigenvalue weighted by Gasteiger charge is 2.11. The minimum absolute atomic E-state index is 0.195. The summed E-state index contributed by atoms with van der Waals surface area (Å²) in [7, 11) is 6.02. The van der Waals surface area contributed by atoms with Crippen LogP contribution in [0, 0.1) is 0 Å². The molecule has 1 rings (SSSR count). The summed E-state index contributed by atoms with van der Waals surface area (Å²) in [6.45, 7) is 2.72. The Labute approximate surface area is 115 Å². The second-order valence-electron chi connectivity index (χ2n) is 5.24. The molecule has 1 N–H and O–H groups in total. The predicted octanol–water partition coefficient (Wildman–Crippen LogP) is 2.09. The number of hydrogen-bond acceptors (Lipinski definition) is 3. The number of carbonyl (C=O) groups is 1. The van der Waals surface area contributed by atoms with E-state index in [1.807, 2.05) is 21.1 Å². The second-order valence-corrected chi connectivity index (χ2v) is 5.24. The van der Waals surface area contributed by atoms with Gasteiger partial charge in [0.25, 0.3) is 0 Å². The summed E-state index contributed by atoms with van der Waals surface area (Å²) in [5.41, 5.74) is 2.47. The Morgan fingerprint density at radius 1 is 1.21 bits per heavy atom. The Balaban J connectivity index is 2.51. The first kappa shape index (κ1) is 15.5. The van der Waals surface area contributed by atoms with Crippen LogP contribution in [-0.2, 0) is 11.2 Å². The van der Waals surface area contributed by atoms with E-state index in [1.165, 1.54) is 11.3 Å². The fourth-order valence-electron chi connectivity index (χ4n) is 1.92. The molecule has 0 aliphatic rings. The van der Waals surface area contributed by atoms with Crippen LogP contribution in [0.3, 0.4) is 0 Å². The van der Waals surface area contributed by atoms with Crippen LogP contribution >= 0.6 is 0 Å². The number of rotatable bonds is 7. The lowest BCUT2D eigenvalue weighted by Crippen LogP contribution is -2.32. The van der Waals surface area contributed by atoms with E-state index in [0.717, 1.165) is 6.42 Å². The topological polar surface area (TPSA) is 43.8 Å². The average molecular weight is 264 g/mol. The third kappa shape index (κ3) is 5.30. The van der Waals surface area contributed by atoms with Crippen LogP contribution in [0.15, 0.2) is 24.3 Å². The lowest BCUT2D eigenvalue weighted by molar-refractivity contribution is -0.137. The van der Waals surface area contributed by atoms with Gasteiger partial charge in [-0.3, -0.25) is 4.79 Å². The molecule has 4 nitrogen and oxygen atoms in total. The fourth-order valence-corrected chi connectivity index (χ4v) is 1.92. The van der Waals surface area contributed by atoms with Crippen molar-refractivity contribution in [1.82, 2.24) is 4.90 Å². The third-order valence-corrected chi connectivity index (χ3v) is 3.41. The lowest BCUT2D eigenvalue weighted by atomic mass is 10.1. The van der Waals surface area contributed by atoms with Crippen molar-refractivity contribution in [2.24, 2.45) is 0 Å². The maximum Gasteiger partial charge on any atom is 0.304 e. The zero-order chi connectivity index (χ0) is 14.4. The summed E-state index contributed by atoms with van der Waals surface area (Å²) in [6, 6.07) is 8.83. The number of hydrogen-bond donors (Lipinski definition) is 1. The first-order valence-corrected chi connectivity index (χ1v) is 6.58. The van der Waals surface area contributed by atoms with E-state index in [-0.39, 0.29) is 6.42 Å². The monoisotopic (exact) mass is 264 g/mol. The Morgan fingerprint density at radius 2 is 1.79 bits per heavy atom. The molecule has 0 amide bonds. The smallest absolute Gasteiger partial charge is 0.304 e. The molecule has 19 heavy (non-hydrogen) atoms. The lowest BCUT2D eigenvalue weighted by Gasteiger charge is -2.24. The SMILES string of the molecule is CC(Cc1ccc(N(C)C)cc1)N(C)CCC(=O)O. The Hall–Kier alpha value is -1.55. The number of aliphatic carboxylic acids is 1. The van der Waals surface area contributed by atoms with Gasteiger partial charge in [-0.1, -0.05) is 12.1 Å². The van der Waals surface area contributed by atoms with Gasteiger partial charge in [0, 0.05) is 32.4 Å². The van der Waals surface area contributed by atoms with Crippen molar-refractivity contribution in [3.05, 3.63) is 29.8 Å². The summed E-state index contributed by atoms with van der Waals surface area (Å²) in [5.74, 6) is -0.741. The van der Waals surface area contributed by atoms with Crippen LogP contribution in [0.2, 0.25) is 0 Å². The van der Waals surface area contributed by atoms with Crippen LogP contribution in [0.25, 0.3) is 0 Å². The highest BCUT2D eigenvalue weighted by Crippen LogP contribution is 2.14. The molecule has 0 radical (unpaired) electrons. The highest BCUT2D eigenvalue weighted by atomic mass is 16.4. The maximum absolute atomic E-state index is 10.6. The number of carboxylic acid groups (broad SMARTS) is 1. The van der Waals surface area contributed by atoms with Gasteiger partial charge in [-0.05, 0) is 38.1 Å². The summed E-state index contributed by atoms with van der Waals surface area (Å²) >= 11 is 0. The quantitative estimate of drug-likeness (QED) is 0.819. The van der Waals surface area contributed by atoms with Crippen molar-refractivity contribution in [3.63, 3.8) is 0 Å². The Kier molecular flexibility index (Phi) is 5.83. The molecule has 1 aromatic rings. The molecular weight excluding hydrogens is 240 g/mol. The van der Waals surface area contributed by atoms with Crippen LogP contribution in [0.4, 0.5) is 5.69 Å². The highest BCUT2D eigenvalue weighted by molar-refractivity contribution is 5.66. The summed E-state index contributed by atoms with van der Waals surface area (Å²) < 4.78 is 0. The maximum atomic E-state index is 10.6. The summed E-state index contributed by atoms with van der Waals surface area (Å²) in [5, 5.41) is 8.69. The van der Waals surface area contributed by atoms with Gasteiger partial charge in [0.1, 0.15) is 0 Å². The standard InChI is InChI=1S/C15H24N2O2/c1-12(17(4)10-9-15(18)19)11-13-5-7-14(8-6-13)16(2)3/h5-8,12H,9-11H2,1-4H3,(H,18,19). The van der Waals surface area contributed by atoms with Crippen molar-refractivity contribution in [1.29, 1.82) is 0 Å². The molecule has 4 heteroatoms. The largest absolute Gasteiger partial charge is 0.481 e.